The maximum Gasteiger partial charge on any atom is 0.177 e. The quantitative estimate of drug-likeness (QED) is 0.771. The van der Waals surface area contributed by atoms with Crippen LogP contribution in [-0.4, -0.2) is 29.8 Å². The molecule has 0 saturated carbocycles. The normalized spacial score (nSPS) is 20.1. The highest BCUT2D eigenvalue weighted by molar-refractivity contribution is 6.00. The van der Waals surface area contributed by atoms with Crippen molar-refractivity contribution < 1.29 is 4.79 Å². The highest BCUT2D eigenvalue weighted by Gasteiger charge is 2.24. The maximum atomic E-state index is 12.7. The molecule has 0 amide bonds. The summed E-state index contributed by atoms with van der Waals surface area (Å²) in [5.41, 5.74) is 4.42. The van der Waals surface area contributed by atoms with Gasteiger partial charge in [-0.25, -0.2) is 0 Å². The van der Waals surface area contributed by atoms with Crippen molar-refractivity contribution >= 4 is 5.78 Å². The molecule has 1 aromatic rings. The molecule has 1 aliphatic rings. The lowest BCUT2D eigenvalue weighted by atomic mass is 9.94. The van der Waals surface area contributed by atoms with Crippen LogP contribution in [0.4, 0.5) is 0 Å². The highest BCUT2D eigenvalue weighted by atomic mass is 16.1. The molecule has 0 bridgehead atoms. The summed E-state index contributed by atoms with van der Waals surface area (Å²) in [5, 5.41) is 0. The average molecular weight is 273 g/mol. The summed E-state index contributed by atoms with van der Waals surface area (Å²) < 4.78 is 0. The van der Waals surface area contributed by atoms with E-state index < -0.39 is 0 Å². The molecule has 110 valence electrons. The van der Waals surface area contributed by atoms with Crippen LogP contribution in [0.5, 0.6) is 0 Å². The third kappa shape index (κ3) is 3.29. The van der Waals surface area contributed by atoms with Crippen molar-refractivity contribution in [2.75, 3.05) is 13.1 Å². The Labute approximate surface area is 123 Å². The topological polar surface area (TPSA) is 20.3 Å². The summed E-state index contributed by atoms with van der Waals surface area (Å²) in [4.78, 5) is 15.1. The number of piperidine rings is 1. The van der Waals surface area contributed by atoms with Gasteiger partial charge in [0.1, 0.15) is 0 Å². The second kappa shape index (κ2) is 6.53. The van der Waals surface area contributed by atoms with E-state index in [0.717, 1.165) is 29.7 Å². The SMILES string of the molecule is CCC1CCCCN1CC(=O)c1c(C)cc(C)cc1C. The number of ketones is 1. The highest BCUT2D eigenvalue weighted by Crippen LogP contribution is 2.22. The predicted octanol–water partition coefficient (Wildman–Crippen LogP) is 4.06. The van der Waals surface area contributed by atoms with Crippen LogP contribution in [0.2, 0.25) is 0 Å². The van der Waals surface area contributed by atoms with Crippen LogP contribution in [0.1, 0.15) is 59.7 Å². The third-order valence-corrected chi connectivity index (χ3v) is 4.52. The third-order valence-electron chi connectivity index (χ3n) is 4.52. The first-order chi connectivity index (χ1) is 9.52. The van der Waals surface area contributed by atoms with Crippen LogP contribution in [0, 0.1) is 20.8 Å². The molecule has 2 nitrogen and oxygen atoms in total. The van der Waals surface area contributed by atoms with Gasteiger partial charge in [-0.15, -0.1) is 0 Å². The van der Waals surface area contributed by atoms with Gasteiger partial charge in [0.2, 0.25) is 0 Å². The summed E-state index contributed by atoms with van der Waals surface area (Å²) >= 11 is 0. The van der Waals surface area contributed by atoms with E-state index in [0.29, 0.717) is 18.4 Å². The first kappa shape index (κ1) is 15.2. The molecule has 1 unspecified atom stereocenters. The molecule has 0 radical (unpaired) electrons. The Kier molecular flexibility index (Phi) is 4.98. The van der Waals surface area contributed by atoms with Gasteiger partial charge in [0, 0.05) is 11.6 Å². The minimum Gasteiger partial charge on any atom is -0.293 e. The summed E-state index contributed by atoms with van der Waals surface area (Å²) in [7, 11) is 0. The number of Topliss-reactive ketones (excluding diaryl/α,β-unsaturated/α-hetero) is 1. The Hall–Kier alpha value is -1.15. The number of nitrogens with zero attached hydrogens (tertiary/aromatic N) is 1. The van der Waals surface area contributed by atoms with E-state index in [2.05, 4.69) is 44.7 Å². The summed E-state index contributed by atoms with van der Waals surface area (Å²) in [6.45, 7) is 10.1. The van der Waals surface area contributed by atoms with Gasteiger partial charge < -0.3 is 0 Å². The van der Waals surface area contributed by atoms with Crippen LogP contribution in [0.15, 0.2) is 12.1 Å². The van der Waals surface area contributed by atoms with Gasteiger partial charge in [0.05, 0.1) is 6.54 Å². The monoisotopic (exact) mass is 273 g/mol. The molecule has 2 heteroatoms. The van der Waals surface area contributed by atoms with Crippen molar-refractivity contribution in [3.05, 3.63) is 34.4 Å². The second-order valence-electron chi connectivity index (χ2n) is 6.23. The molecule has 1 saturated heterocycles. The Balaban J connectivity index is 2.16. The number of hydrogen-bond acceptors (Lipinski definition) is 2. The molecular weight excluding hydrogens is 246 g/mol. The number of likely N-dealkylation sites (tertiary alicyclic amines) is 1. The lowest BCUT2D eigenvalue weighted by Crippen LogP contribution is -2.42. The zero-order chi connectivity index (χ0) is 14.7. The zero-order valence-corrected chi connectivity index (χ0v) is 13.3. The van der Waals surface area contributed by atoms with E-state index in [4.69, 9.17) is 0 Å². The Morgan fingerprint density at radius 2 is 1.85 bits per heavy atom. The fraction of sp³-hybridized carbons (Fsp3) is 0.611. The molecule has 1 heterocycles. The first-order valence-corrected chi connectivity index (χ1v) is 7.88. The van der Waals surface area contributed by atoms with E-state index in [-0.39, 0.29) is 0 Å². The van der Waals surface area contributed by atoms with Crippen LogP contribution in [-0.2, 0) is 0 Å². The molecule has 0 spiro atoms. The van der Waals surface area contributed by atoms with Crippen molar-refractivity contribution in [2.24, 2.45) is 0 Å². The number of hydrogen-bond donors (Lipinski definition) is 0. The van der Waals surface area contributed by atoms with Crippen molar-refractivity contribution in [3.8, 4) is 0 Å². The molecule has 0 aromatic heterocycles. The van der Waals surface area contributed by atoms with Gasteiger partial charge in [-0.3, -0.25) is 9.69 Å². The number of carbonyl (C=O) groups excluding carboxylic acids is 1. The van der Waals surface area contributed by atoms with E-state index in [9.17, 15) is 4.79 Å². The summed E-state index contributed by atoms with van der Waals surface area (Å²) in [6.07, 6.45) is 4.94. The molecule has 1 atom stereocenters. The van der Waals surface area contributed by atoms with Crippen molar-refractivity contribution in [3.63, 3.8) is 0 Å². The first-order valence-electron chi connectivity index (χ1n) is 7.88. The molecular formula is C18H27NO. The average Bonchev–Trinajstić information content (AvgIpc) is 2.38. The molecule has 1 aromatic carbocycles. The Bertz CT molecular complexity index is 469. The van der Waals surface area contributed by atoms with Gasteiger partial charge in [-0.1, -0.05) is 31.0 Å². The Morgan fingerprint density at radius 1 is 1.20 bits per heavy atom. The minimum absolute atomic E-state index is 0.292. The smallest absolute Gasteiger partial charge is 0.177 e. The standard InChI is InChI=1S/C18H27NO/c1-5-16-8-6-7-9-19(16)12-17(20)18-14(3)10-13(2)11-15(18)4/h10-11,16H,5-9,12H2,1-4H3. The number of rotatable bonds is 4. The van der Waals surface area contributed by atoms with Crippen molar-refractivity contribution in [1.82, 2.24) is 4.90 Å². The van der Waals surface area contributed by atoms with E-state index in [1.165, 1.54) is 24.8 Å². The fourth-order valence-corrected chi connectivity index (χ4v) is 3.61. The van der Waals surface area contributed by atoms with Gasteiger partial charge in [-0.2, -0.15) is 0 Å². The fourth-order valence-electron chi connectivity index (χ4n) is 3.61. The minimum atomic E-state index is 0.292. The van der Waals surface area contributed by atoms with E-state index in [1.807, 2.05) is 0 Å². The number of carbonyl (C=O) groups is 1. The zero-order valence-electron chi connectivity index (χ0n) is 13.3. The molecule has 20 heavy (non-hydrogen) atoms. The second-order valence-corrected chi connectivity index (χ2v) is 6.23. The van der Waals surface area contributed by atoms with Crippen LogP contribution < -0.4 is 0 Å². The number of benzene rings is 1. The van der Waals surface area contributed by atoms with Crippen molar-refractivity contribution in [2.45, 2.75) is 59.4 Å². The van der Waals surface area contributed by atoms with Gasteiger partial charge in [-0.05, 0) is 57.7 Å². The van der Waals surface area contributed by atoms with Gasteiger partial charge >= 0.3 is 0 Å². The number of aryl methyl sites for hydroxylation is 3. The molecule has 0 N–H and O–H groups in total. The Morgan fingerprint density at radius 3 is 2.45 bits per heavy atom. The lowest BCUT2D eigenvalue weighted by Gasteiger charge is -2.34. The lowest BCUT2D eigenvalue weighted by molar-refractivity contribution is 0.0837. The van der Waals surface area contributed by atoms with E-state index >= 15 is 0 Å². The molecule has 2 rings (SSSR count). The molecule has 1 aliphatic heterocycles. The largest absolute Gasteiger partial charge is 0.293 e. The van der Waals surface area contributed by atoms with Crippen LogP contribution in [0.25, 0.3) is 0 Å². The molecule has 1 fully saturated rings. The molecule has 0 aliphatic carbocycles. The van der Waals surface area contributed by atoms with Crippen LogP contribution >= 0.6 is 0 Å². The summed E-state index contributed by atoms with van der Waals surface area (Å²) in [5.74, 6) is 0.292. The summed E-state index contributed by atoms with van der Waals surface area (Å²) in [6, 6.07) is 4.83. The predicted molar refractivity (Wildman–Crippen MR) is 84.5 cm³/mol. The van der Waals surface area contributed by atoms with Gasteiger partial charge in [0.25, 0.3) is 0 Å². The van der Waals surface area contributed by atoms with Crippen LogP contribution in [0.3, 0.4) is 0 Å². The van der Waals surface area contributed by atoms with E-state index in [1.54, 1.807) is 0 Å². The van der Waals surface area contributed by atoms with Crippen molar-refractivity contribution in [1.29, 1.82) is 0 Å². The maximum absolute atomic E-state index is 12.7. The van der Waals surface area contributed by atoms with Gasteiger partial charge in [0.15, 0.2) is 5.78 Å².